The van der Waals surface area contributed by atoms with Crippen molar-refractivity contribution in [2.75, 3.05) is 13.1 Å². The minimum Gasteiger partial charge on any atom is -0.458 e. The van der Waals surface area contributed by atoms with Gasteiger partial charge in [-0.2, -0.15) is 0 Å². The number of imidazole rings is 1. The smallest absolute Gasteiger partial charge is 0.178 e. The Morgan fingerprint density at radius 1 is 1.38 bits per heavy atom. The number of furan rings is 1. The van der Waals surface area contributed by atoms with E-state index in [-0.39, 0.29) is 0 Å². The number of rotatable bonds is 3. The van der Waals surface area contributed by atoms with Crippen molar-refractivity contribution in [3.8, 4) is 11.6 Å². The highest BCUT2D eigenvalue weighted by molar-refractivity contribution is 5.75. The lowest BCUT2D eigenvalue weighted by molar-refractivity contribution is 0.481. The van der Waals surface area contributed by atoms with Gasteiger partial charge >= 0.3 is 0 Å². The summed E-state index contributed by atoms with van der Waals surface area (Å²) in [5, 5.41) is 3.42. The van der Waals surface area contributed by atoms with Gasteiger partial charge in [-0.1, -0.05) is 0 Å². The quantitative estimate of drug-likeness (QED) is 0.802. The fourth-order valence-corrected chi connectivity index (χ4v) is 3.00. The van der Waals surface area contributed by atoms with Crippen LogP contribution in [0.4, 0.5) is 0 Å². The molecule has 1 atom stereocenters. The standard InChI is InChI=1S/C16H18N4O/c1-11-4-5-14(21-11)16-19-13-3-2-7-18-15(13)20(16)10-12-6-8-17-9-12/h2-5,7,12,17H,6,8-10H2,1H3. The summed E-state index contributed by atoms with van der Waals surface area (Å²) in [4.78, 5) is 9.24. The second kappa shape index (κ2) is 5.00. The summed E-state index contributed by atoms with van der Waals surface area (Å²) >= 11 is 0. The maximum absolute atomic E-state index is 5.78. The number of nitrogens with one attached hydrogen (secondary N) is 1. The second-order valence-electron chi connectivity index (χ2n) is 5.66. The lowest BCUT2D eigenvalue weighted by atomic mass is 10.1. The van der Waals surface area contributed by atoms with Gasteiger partial charge in [-0.15, -0.1) is 0 Å². The van der Waals surface area contributed by atoms with E-state index in [1.54, 1.807) is 0 Å². The largest absolute Gasteiger partial charge is 0.458 e. The molecule has 1 fully saturated rings. The Hall–Kier alpha value is -2.14. The highest BCUT2D eigenvalue weighted by Gasteiger charge is 2.21. The van der Waals surface area contributed by atoms with Gasteiger partial charge in [-0.25, -0.2) is 9.97 Å². The van der Waals surface area contributed by atoms with Crippen molar-refractivity contribution in [2.24, 2.45) is 5.92 Å². The van der Waals surface area contributed by atoms with Crippen molar-refractivity contribution >= 4 is 11.2 Å². The highest BCUT2D eigenvalue weighted by atomic mass is 16.3. The number of hydrogen-bond acceptors (Lipinski definition) is 4. The third-order valence-electron chi connectivity index (χ3n) is 4.07. The minimum atomic E-state index is 0.624. The molecular weight excluding hydrogens is 264 g/mol. The number of fused-ring (bicyclic) bond motifs is 1. The van der Waals surface area contributed by atoms with E-state index >= 15 is 0 Å². The molecule has 1 unspecified atom stereocenters. The van der Waals surface area contributed by atoms with Crippen molar-refractivity contribution < 1.29 is 4.42 Å². The Bertz CT molecular complexity index is 768. The minimum absolute atomic E-state index is 0.624. The third kappa shape index (κ3) is 2.23. The van der Waals surface area contributed by atoms with Crippen molar-refractivity contribution in [3.63, 3.8) is 0 Å². The summed E-state index contributed by atoms with van der Waals surface area (Å²) in [5.41, 5.74) is 1.86. The van der Waals surface area contributed by atoms with E-state index in [0.717, 1.165) is 48.1 Å². The van der Waals surface area contributed by atoms with Crippen LogP contribution in [0.25, 0.3) is 22.7 Å². The Kier molecular flexibility index (Phi) is 3.00. The molecule has 3 aromatic heterocycles. The molecule has 1 N–H and O–H groups in total. The molecule has 0 saturated carbocycles. The van der Waals surface area contributed by atoms with E-state index in [4.69, 9.17) is 9.40 Å². The van der Waals surface area contributed by atoms with Crippen molar-refractivity contribution in [1.82, 2.24) is 19.9 Å². The zero-order valence-electron chi connectivity index (χ0n) is 12.0. The Labute approximate surface area is 123 Å². The zero-order valence-corrected chi connectivity index (χ0v) is 12.0. The van der Waals surface area contributed by atoms with E-state index in [9.17, 15) is 0 Å². The first-order valence-electron chi connectivity index (χ1n) is 7.40. The zero-order chi connectivity index (χ0) is 14.2. The van der Waals surface area contributed by atoms with Gasteiger partial charge in [0.05, 0.1) is 0 Å². The van der Waals surface area contributed by atoms with Gasteiger partial charge in [-0.3, -0.25) is 0 Å². The fraction of sp³-hybridized carbons (Fsp3) is 0.375. The molecule has 0 spiro atoms. The normalized spacial score (nSPS) is 18.6. The summed E-state index contributed by atoms with van der Waals surface area (Å²) in [6.45, 7) is 5.04. The number of aromatic nitrogens is 3. The molecule has 0 amide bonds. The predicted molar refractivity (Wildman–Crippen MR) is 80.9 cm³/mol. The van der Waals surface area contributed by atoms with E-state index in [2.05, 4.69) is 14.9 Å². The third-order valence-corrected chi connectivity index (χ3v) is 4.07. The Morgan fingerprint density at radius 2 is 2.33 bits per heavy atom. The van der Waals surface area contributed by atoms with Gasteiger partial charge in [0.2, 0.25) is 0 Å². The van der Waals surface area contributed by atoms with E-state index in [1.807, 2.05) is 37.4 Å². The number of hydrogen-bond donors (Lipinski definition) is 1. The maximum Gasteiger partial charge on any atom is 0.178 e. The van der Waals surface area contributed by atoms with Crippen molar-refractivity contribution in [1.29, 1.82) is 0 Å². The monoisotopic (exact) mass is 282 g/mol. The molecule has 4 heterocycles. The number of aryl methyl sites for hydroxylation is 1. The molecule has 1 saturated heterocycles. The topological polar surface area (TPSA) is 55.9 Å². The van der Waals surface area contributed by atoms with Crippen LogP contribution < -0.4 is 5.32 Å². The van der Waals surface area contributed by atoms with Crippen LogP contribution in [0.3, 0.4) is 0 Å². The van der Waals surface area contributed by atoms with Crippen LogP contribution in [-0.2, 0) is 6.54 Å². The summed E-state index contributed by atoms with van der Waals surface area (Å²) in [5.74, 6) is 3.22. The Balaban J connectivity index is 1.84. The average molecular weight is 282 g/mol. The predicted octanol–water partition coefficient (Wildman–Crippen LogP) is 2.61. The average Bonchev–Trinajstić information content (AvgIpc) is 3.20. The molecule has 4 rings (SSSR count). The molecule has 5 nitrogen and oxygen atoms in total. The van der Waals surface area contributed by atoms with Gasteiger partial charge in [0.15, 0.2) is 17.2 Å². The molecule has 5 heteroatoms. The van der Waals surface area contributed by atoms with Crippen LogP contribution >= 0.6 is 0 Å². The first-order valence-corrected chi connectivity index (χ1v) is 7.40. The molecule has 1 aliphatic rings. The van der Waals surface area contributed by atoms with Gasteiger partial charge in [0.1, 0.15) is 11.3 Å². The van der Waals surface area contributed by atoms with Crippen LogP contribution in [0.5, 0.6) is 0 Å². The van der Waals surface area contributed by atoms with Gasteiger partial charge in [-0.05, 0) is 56.6 Å². The molecule has 0 bridgehead atoms. The number of nitrogens with zero attached hydrogens (tertiary/aromatic N) is 3. The van der Waals surface area contributed by atoms with Crippen LogP contribution in [0.15, 0.2) is 34.9 Å². The van der Waals surface area contributed by atoms with Gasteiger partial charge in [0.25, 0.3) is 0 Å². The van der Waals surface area contributed by atoms with E-state index < -0.39 is 0 Å². The summed E-state index contributed by atoms with van der Waals surface area (Å²) in [6, 6.07) is 7.89. The first kappa shape index (κ1) is 12.6. The maximum atomic E-state index is 5.78. The second-order valence-corrected chi connectivity index (χ2v) is 5.66. The lowest BCUT2D eigenvalue weighted by Crippen LogP contribution is -2.15. The molecule has 0 aliphatic carbocycles. The lowest BCUT2D eigenvalue weighted by Gasteiger charge is -2.12. The summed E-state index contributed by atoms with van der Waals surface area (Å²) < 4.78 is 7.98. The first-order chi connectivity index (χ1) is 10.3. The molecule has 0 aromatic carbocycles. The summed E-state index contributed by atoms with van der Waals surface area (Å²) in [7, 11) is 0. The molecule has 21 heavy (non-hydrogen) atoms. The van der Waals surface area contributed by atoms with E-state index in [1.165, 1.54) is 6.42 Å². The van der Waals surface area contributed by atoms with Gasteiger partial charge < -0.3 is 14.3 Å². The van der Waals surface area contributed by atoms with Crippen molar-refractivity contribution in [2.45, 2.75) is 19.9 Å². The Morgan fingerprint density at radius 3 is 3.10 bits per heavy atom. The SMILES string of the molecule is Cc1ccc(-c2nc3cccnc3n2CC2CCNC2)o1. The molecule has 3 aromatic rings. The van der Waals surface area contributed by atoms with Crippen molar-refractivity contribution in [3.05, 3.63) is 36.2 Å². The van der Waals surface area contributed by atoms with Crippen LogP contribution in [0.1, 0.15) is 12.2 Å². The molecular formula is C16H18N4O. The number of pyridine rings is 1. The van der Waals surface area contributed by atoms with Crippen LogP contribution in [0.2, 0.25) is 0 Å². The van der Waals surface area contributed by atoms with E-state index in [0.29, 0.717) is 5.92 Å². The molecule has 108 valence electrons. The fourth-order valence-electron chi connectivity index (χ4n) is 3.00. The highest BCUT2D eigenvalue weighted by Crippen LogP contribution is 2.27. The molecule has 0 radical (unpaired) electrons. The summed E-state index contributed by atoms with van der Waals surface area (Å²) in [6.07, 6.45) is 3.02. The van der Waals surface area contributed by atoms with Crippen LogP contribution in [-0.4, -0.2) is 27.6 Å². The molecule has 1 aliphatic heterocycles. The van der Waals surface area contributed by atoms with Crippen LogP contribution in [0, 0.1) is 12.8 Å². The van der Waals surface area contributed by atoms with Gasteiger partial charge in [0, 0.05) is 12.7 Å².